The highest BCUT2D eigenvalue weighted by Gasteiger charge is 2.41. The van der Waals surface area contributed by atoms with Gasteiger partial charge in [-0.05, 0) is 38.3 Å². The van der Waals surface area contributed by atoms with Gasteiger partial charge in [-0.2, -0.15) is 0 Å². The molecule has 2 saturated heterocycles. The zero-order chi connectivity index (χ0) is 21.3. The van der Waals surface area contributed by atoms with E-state index < -0.39 is 15.8 Å². The lowest BCUT2D eigenvalue weighted by Crippen LogP contribution is -2.40. The average molecular weight is 422 g/mol. The fourth-order valence-electron chi connectivity index (χ4n) is 4.15. The number of nitrogens with one attached hydrogen (secondary N) is 2. The van der Waals surface area contributed by atoms with Gasteiger partial charge in [0.1, 0.15) is 0 Å². The number of aryl methyl sites for hydroxylation is 3. The second-order valence-corrected chi connectivity index (χ2v) is 10.3. The molecule has 8 nitrogen and oxygen atoms in total. The number of likely N-dealkylation sites (tertiary alicyclic amines) is 1. The van der Waals surface area contributed by atoms with Crippen molar-refractivity contribution in [1.82, 2.24) is 10.2 Å². The standard InChI is InChI=1S/C20H27N3O5S/c1-12-6-13(2)19(14(3)7-12)22-17(24)9-21-20(26)15-8-18(25)23(10-15)16-4-5-29(27,28)11-16/h6-7,15-16H,4-5,8-11H2,1-3H3,(H,21,26)(H,22,24)/t15-,16+/m0/s1. The molecule has 2 atom stereocenters. The van der Waals surface area contributed by atoms with E-state index in [4.69, 9.17) is 0 Å². The lowest BCUT2D eigenvalue weighted by molar-refractivity contribution is -0.130. The van der Waals surface area contributed by atoms with Gasteiger partial charge in [0.15, 0.2) is 9.84 Å². The van der Waals surface area contributed by atoms with Crippen molar-refractivity contribution >= 4 is 33.2 Å². The Labute approximate surface area is 170 Å². The summed E-state index contributed by atoms with van der Waals surface area (Å²) in [6, 6.07) is 3.60. The van der Waals surface area contributed by atoms with E-state index in [2.05, 4.69) is 10.6 Å². The molecule has 1 aromatic carbocycles. The highest BCUT2D eigenvalue weighted by atomic mass is 32.2. The number of amides is 3. The van der Waals surface area contributed by atoms with E-state index >= 15 is 0 Å². The number of hydrogen-bond donors (Lipinski definition) is 2. The first-order valence-electron chi connectivity index (χ1n) is 9.71. The third-order valence-corrected chi connectivity index (χ3v) is 7.29. The molecule has 0 spiro atoms. The Hall–Kier alpha value is -2.42. The Bertz CT molecular complexity index is 934. The summed E-state index contributed by atoms with van der Waals surface area (Å²) in [5.41, 5.74) is 3.74. The summed E-state index contributed by atoms with van der Waals surface area (Å²) in [4.78, 5) is 38.4. The molecule has 3 amide bonds. The highest BCUT2D eigenvalue weighted by Crippen LogP contribution is 2.26. The van der Waals surface area contributed by atoms with Crippen LogP contribution in [0.25, 0.3) is 0 Å². The zero-order valence-corrected chi connectivity index (χ0v) is 17.8. The van der Waals surface area contributed by atoms with E-state index in [0.29, 0.717) is 6.42 Å². The SMILES string of the molecule is Cc1cc(C)c(NC(=O)CNC(=O)[C@H]2CC(=O)N([C@@H]3CCS(=O)(=O)C3)C2)c(C)c1. The van der Waals surface area contributed by atoms with Crippen molar-refractivity contribution in [3.05, 3.63) is 28.8 Å². The van der Waals surface area contributed by atoms with Gasteiger partial charge in [0.05, 0.1) is 24.0 Å². The summed E-state index contributed by atoms with van der Waals surface area (Å²) in [6.45, 7) is 5.82. The quantitative estimate of drug-likeness (QED) is 0.727. The minimum Gasteiger partial charge on any atom is -0.347 e. The molecule has 2 heterocycles. The van der Waals surface area contributed by atoms with E-state index in [9.17, 15) is 22.8 Å². The van der Waals surface area contributed by atoms with Gasteiger partial charge < -0.3 is 15.5 Å². The summed E-state index contributed by atoms with van der Waals surface area (Å²) >= 11 is 0. The van der Waals surface area contributed by atoms with Crippen molar-refractivity contribution in [2.45, 2.75) is 39.7 Å². The third-order valence-electron chi connectivity index (χ3n) is 5.54. The highest BCUT2D eigenvalue weighted by molar-refractivity contribution is 7.91. The van der Waals surface area contributed by atoms with Crippen LogP contribution in [0.4, 0.5) is 5.69 Å². The van der Waals surface area contributed by atoms with Crippen LogP contribution in [0, 0.1) is 26.7 Å². The first kappa shape index (κ1) is 21.3. The maximum Gasteiger partial charge on any atom is 0.243 e. The molecule has 29 heavy (non-hydrogen) atoms. The van der Waals surface area contributed by atoms with Crippen molar-refractivity contribution in [3.8, 4) is 0 Å². The lowest BCUT2D eigenvalue weighted by atomic mass is 10.1. The van der Waals surface area contributed by atoms with Gasteiger partial charge in [-0.3, -0.25) is 14.4 Å². The Morgan fingerprint density at radius 1 is 1.17 bits per heavy atom. The monoisotopic (exact) mass is 421 g/mol. The summed E-state index contributed by atoms with van der Waals surface area (Å²) in [5.74, 6) is -1.43. The molecule has 2 fully saturated rings. The first-order chi connectivity index (χ1) is 13.6. The molecule has 0 aromatic heterocycles. The Morgan fingerprint density at radius 3 is 2.41 bits per heavy atom. The van der Waals surface area contributed by atoms with Crippen molar-refractivity contribution < 1.29 is 22.8 Å². The van der Waals surface area contributed by atoms with Crippen LogP contribution < -0.4 is 10.6 Å². The van der Waals surface area contributed by atoms with E-state index in [0.717, 1.165) is 22.4 Å². The molecule has 0 radical (unpaired) electrons. The molecule has 2 aliphatic heterocycles. The minimum absolute atomic E-state index is 0.0370. The van der Waals surface area contributed by atoms with Crippen LogP contribution in [0.5, 0.6) is 0 Å². The fourth-order valence-corrected chi connectivity index (χ4v) is 5.88. The maximum atomic E-state index is 12.4. The molecule has 0 bridgehead atoms. The third kappa shape index (κ3) is 4.95. The largest absolute Gasteiger partial charge is 0.347 e. The van der Waals surface area contributed by atoms with E-state index in [1.807, 2.05) is 32.9 Å². The van der Waals surface area contributed by atoms with Crippen molar-refractivity contribution in [2.75, 3.05) is 29.9 Å². The van der Waals surface area contributed by atoms with Gasteiger partial charge >= 0.3 is 0 Å². The fraction of sp³-hybridized carbons (Fsp3) is 0.550. The van der Waals surface area contributed by atoms with Crippen LogP contribution >= 0.6 is 0 Å². The smallest absolute Gasteiger partial charge is 0.243 e. The molecule has 158 valence electrons. The molecular formula is C20H27N3O5S. The number of hydrogen-bond acceptors (Lipinski definition) is 5. The number of rotatable bonds is 5. The van der Waals surface area contributed by atoms with Crippen LogP contribution in [0.1, 0.15) is 29.5 Å². The summed E-state index contributed by atoms with van der Waals surface area (Å²) in [6.07, 6.45) is 0.459. The topological polar surface area (TPSA) is 113 Å². The number of anilines is 1. The van der Waals surface area contributed by atoms with Gasteiger partial charge in [-0.15, -0.1) is 0 Å². The second-order valence-electron chi connectivity index (χ2n) is 8.04. The van der Waals surface area contributed by atoms with Gasteiger partial charge in [-0.1, -0.05) is 17.7 Å². The number of nitrogens with zero attached hydrogens (tertiary/aromatic N) is 1. The average Bonchev–Trinajstić information content (AvgIpc) is 3.18. The lowest BCUT2D eigenvalue weighted by Gasteiger charge is -2.22. The molecule has 2 N–H and O–H groups in total. The molecule has 0 aliphatic carbocycles. The van der Waals surface area contributed by atoms with Crippen LogP contribution in [-0.4, -0.2) is 61.7 Å². The van der Waals surface area contributed by atoms with Gasteiger partial charge in [0, 0.05) is 24.7 Å². The van der Waals surface area contributed by atoms with Crippen molar-refractivity contribution in [3.63, 3.8) is 0 Å². The molecule has 0 saturated carbocycles. The second kappa shape index (κ2) is 8.14. The number of benzene rings is 1. The number of sulfone groups is 1. The molecule has 9 heteroatoms. The maximum absolute atomic E-state index is 12.4. The molecule has 3 rings (SSSR count). The van der Waals surface area contributed by atoms with Crippen LogP contribution in [0.2, 0.25) is 0 Å². The van der Waals surface area contributed by atoms with Crippen LogP contribution in [-0.2, 0) is 24.2 Å². The van der Waals surface area contributed by atoms with Gasteiger partial charge in [0.25, 0.3) is 0 Å². The molecule has 0 unspecified atom stereocenters. The Kier molecular flexibility index (Phi) is 5.97. The van der Waals surface area contributed by atoms with Gasteiger partial charge in [-0.25, -0.2) is 8.42 Å². The van der Waals surface area contributed by atoms with Crippen LogP contribution in [0.15, 0.2) is 12.1 Å². The minimum atomic E-state index is -3.10. The summed E-state index contributed by atoms with van der Waals surface area (Å²) in [5, 5.41) is 5.42. The van der Waals surface area contributed by atoms with Crippen LogP contribution in [0.3, 0.4) is 0 Å². The van der Waals surface area contributed by atoms with Crippen molar-refractivity contribution in [1.29, 1.82) is 0 Å². The predicted octanol–water partition coefficient (Wildman–Crippen LogP) is 0.702. The number of carbonyl (C=O) groups excluding carboxylic acids is 3. The summed E-state index contributed by atoms with van der Waals surface area (Å²) < 4.78 is 23.3. The van der Waals surface area contributed by atoms with Gasteiger partial charge in [0.2, 0.25) is 17.7 Å². The molecule has 1 aromatic rings. The van der Waals surface area contributed by atoms with E-state index in [1.54, 1.807) is 0 Å². The van der Waals surface area contributed by atoms with Crippen molar-refractivity contribution in [2.24, 2.45) is 5.92 Å². The Balaban J connectivity index is 1.52. The molecule has 2 aliphatic rings. The van der Waals surface area contributed by atoms with E-state index in [1.165, 1.54) is 4.90 Å². The first-order valence-corrected chi connectivity index (χ1v) is 11.5. The number of carbonyl (C=O) groups is 3. The summed E-state index contributed by atoms with van der Waals surface area (Å²) in [7, 11) is -3.10. The molecular weight excluding hydrogens is 394 g/mol. The Morgan fingerprint density at radius 2 is 1.83 bits per heavy atom. The predicted molar refractivity (Wildman–Crippen MR) is 109 cm³/mol. The zero-order valence-electron chi connectivity index (χ0n) is 16.9. The van der Waals surface area contributed by atoms with E-state index in [-0.39, 0.29) is 54.8 Å². The normalized spacial score (nSPS) is 23.3.